The number of rotatable bonds is 4. The minimum atomic E-state index is -0.580. The van der Waals surface area contributed by atoms with E-state index in [1.54, 1.807) is 0 Å². The van der Waals surface area contributed by atoms with Gasteiger partial charge in [0.25, 0.3) is 0 Å². The molecule has 5 heteroatoms. The number of amides is 1. The standard InChI is InChI=1S/C12H14F2N2O/c13-9-2-1-3-10(14)11(9)7-6-8(7)12(17)16-5-4-15/h1-3,7-8H,4-6,15H2,(H,16,17). The number of hydrogen-bond acceptors (Lipinski definition) is 2. The molecule has 3 N–H and O–H groups in total. The number of nitrogens with one attached hydrogen (secondary N) is 1. The topological polar surface area (TPSA) is 55.1 Å². The van der Waals surface area contributed by atoms with E-state index in [0.717, 1.165) is 0 Å². The smallest absolute Gasteiger partial charge is 0.223 e. The summed E-state index contributed by atoms with van der Waals surface area (Å²) in [5.41, 5.74) is 5.28. The van der Waals surface area contributed by atoms with E-state index in [2.05, 4.69) is 5.32 Å². The summed E-state index contributed by atoms with van der Waals surface area (Å²) >= 11 is 0. The molecule has 2 rings (SSSR count). The number of halogens is 2. The normalized spacial score (nSPS) is 22.3. The van der Waals surface area contributed by atoms with Crippen LogP contribution in [0.2, 0.25) is 0 Å². The fourth-order valence-corrected chi connectivity index (χ4v) is 2.00. The van der Waals surface area contributed by atoms with Crippen molar-refractivity contribution in [3.05, 3.63) is 35.4 Å². The van der Waals surface area contributed by atoms with E-state index in [9.17, 15) is 13.6 Å². The molecule has 1 aliphatic rings. The summed E-state index contributed by atoms with van der Waals surface area (Å²) in [6, 6.07) is 3.75. The quantitative estimate of drug-likeness (QED) is 0.829. The van der Waals surface area contributed by atoms with Crippen LogP contribution in [0.4, 0.5) is 8.78 Å². The predicted octanol–water partition coefficient (Wildman–Crippen LogP) is 1.14. The highest BCUT2D eigenvalue weighted by atomic mass is 19.1. The summed E-state index contributed by atoms with van der Waals surface area (Å²) in [4.78, 5) is 11.6. The molecule has 3 nitrogen and oxygen atoms in total. The van der Waals surface area contributed by atoms with Gasteiger partial charge in [0, 0.05) is 30.5 Å². The monoisotopic (exact) mass is 240 g/mol. The zero-order valence-electron chi connectivity index (χ0n) is 9.25. The van der Waals surface area contributed by atoms with Gasteiger partial charge in [0.1, 0.15) is 11.6 Å². The fraction of sp³-hybridized carbons (Fsp3) is 0.417. The first-order valence-electron chi connectivity index (χ1n) is 5.57. The van der Waals surface area contributed by atoms with Gasteiger partial charge in [-0.05, 0) is 18.6 Å². The van der Waals surface area contributed by atoms with Gasteiger partial charge < -0.3 is 11.1 Å². The summed E-state index contributed by atoms with van der Waals surface area (Å²) in [7, 11) is 0. The molecule has 0 aliphatic heterocycles. The molecule has 2 unspecified atom stereocenters. The Kier molecular flexibility index (Phi) is 3.38. The van der Waals surface area contributed by atoms with Gasteiger partial charge in [0.05, 0.1) is 0 Å². The van der Waals surface area contributed by atoms with Crippen molar-refractivity contribution in [3.63, 3.8) is 0 Å². The molecule has 0 radical (unpaired) electrons. The molecule has 0 bridgehead atoms. The molecular formula is C12H14F2N2O. The Morgan fingerprint density at radius 2 is 2.06 bits per heavy atom. The molecule has 0 saturated heterocycles. The average molecular weight is 240 g/mol. The lowest BCUT2D eigenvalue weighted by molar-refractivity contribution is -0.122. The second-order valence-electron chi connectivity index (χ2n) is 4.16. The van der Waals surface area contributed by atoms with Crippen molar-refractivity contribution in [2.24, 2.45) is 11.7 Å². The number of benzene rings is 1. The van der Waals surface area contributed by atoms with Crippen LogP contribution in [-0.4, -0.2) is 19.0 Å². The maximum Gasteiger partial charge on any atom is 0.223 e. The lowest BCUT2D eigenvalue weighted by Gasteiger charge is -2.05. The third-order valence-corrected chi connectivity index (χ3v) is 2.94. The fourth-order valence-electron chi connectivity index (χ4n) is 2.00. The number of carbonyl (C=O) groups is 1. The maximum absolute atomic E-state index is 13.4. The van der Waals surface area contributed by atoms with Crippen LogP contribution in [0.3, 0.4) is 0 Å². The Hall–Kier alpha value is -1.49. The van der Waals surface area contributed by atoms with Gasteiger partial charge in [-0.25, -0.2) is 8.78 Å². The van der Waals surface area contributed by atoms with Gasteiger partial charge in [-0.15, -0.1) is 0 Å². The van der Waals surface area contributed by atoms with Crippen molar-refractivity contribution in [2.45, 2.75) is 12.3 Å². The Labute approximate surface area is 98.0 Å². The van der Waals surface area contributed by atoms with Crippen molar-refractivity contribution < 1.29 is 13.6 Å². The number of nitrogens with two attached hydrogens (primary N) is 1. The van der Waals surface area contributed by atoms with Crippen LogP contribution < -0.4 is 11.1 Å². The second-order valence-corrected chi connectivity index (χ2v) is 4.16. The van der Waals surface area contributed by atoms with Crippen LogP contribution in [0, 0.1) is 17.6 Å². The highest BCUT2D eigenvalue weighted by Gasteiger charge is 2.46. The third-order valence-electron chi connectivity index (χ3n) is 2.94. The highest BCUT2D eigenvalue weighted by molar-refractivity contribution is 5.82. The van der Waals surface area contributed by atoms with Crippen molar-refractivity contribution in [3.8, 4) is 0 Å². The maximum atomic E-state index is 13.4. The van der Waals surface area contributed by atoms with E-state index in [1.165, 1.54) is 18.2 Å². The van der Waals surface area contributed by atoms with Gasteiger partial charge in [-0.3, -0.25) is 4.79 Å². The van der Waals surface area contributed by atoms with Crippen molar-refractivity contribution in [1.82, 2.24) is 5.32 Å². The highest BCUT2D eigenvalue weighted by Crippen LogP contribution is 2.49. The molecule has 1 amide bonds. The van der Waals surface area contributed by atoms with E-state index in [4.69, 9.17) is 5.73 Å². The lowest BCUT2D eigenvalue weighted by atomic mass is 10.1. The van der Waals surface area contributed by atoms with Gasteiger partial charge >= 0.3 is 0 Å². The van der Waals surface area contributed by atoms with Gasteiger partial charge in [-0.2, -0.15) is 0 Å². The minimum absolute atomic E-state index is 0.0281. The van der Waals surface area contributed by atoms with Crippen molar-refractivity contribution in [1.29, 1.82) is 0 Å². The van der Waals surface area contributed by atoms with Gasteiger partial charge in [-0.1, -0.05) is 6.07 Å². The zero-order chi connectivity index (χ0) is 12.4. The number of hydrogen-bond donors (Lipinski definition) is 2. The molecule has 0 spiro atoms. The Morgan fingerprint density at radius 3 is 2.65 bits per heavy atom. The second kappa shape index (κ2) is 4.79. The van der Waals surface area contributed by atoms with Gasteiger partial charge in [0.2, 0.25) is 5.91 Å². The van der Waals surface area contributed by atoms with Crippen molar-refractivity contribution in [2.75, 3.05) is 13.1 Å². The van der Waals surface area contributed by atoms with Crippen LogP contribution in [0.1, 0.15) is 17.9 Å². The van der Waals surface area contributed by atoms with E-state index >= 15 is 0 Å². The average Bonchev–Trinajstić information content (AvgIpc) is 3.06. The summed E-state index contributed by atoms with van der Waals surface area (Å²) < 4.78 is 26.9. The molecule has 17 heavy (non-hydrogen) atoms. The van der Waals surface area contributed by atoms with E-state index < -0.39 is 11.6 Å². The van der Waals surface area contributed by atoms with Crippen LogP contribution in [0.5, 0.6) is 0 Å². The molecule has 1 aromatic carbocycles. The van der Waals surface area contributed by atoms with E-state index in [-0.39, 0.29) is 23.3 Å². The van der Waals surface area contributed by atoms with Gasteiger partial charge in [0.15, 0.2) is 0 Å². The summed E-state index contributed by atoms with van der Waals surface area (Å²) in [5.74, 6) is -2.00. The minimum Gasteiger partial charge on any atom is -0.355 e. The van der Waals surface area contributed by atoms with Crippen molar-refractivity contribution >= 4 is 5.91 Å². The molecule has 92 valence electrons. The van der Waals surface area contributed by atoms with E-state index in [1.807, 2.05) is 0 Å². The first-order chi connectivity index (χ1) is 8.15. The molecule has 1 aromatic rings. The van der Waals surface area contributed by atoms with E-state index in [0.29, 0.717) is 19.5 Å². The Balaban J connectivity index is 2.05. The molecule has 0 heterocycles. The molecule has 2 atom stereocenters. The first-order valence-corrected chi connectivity index (χ1v) is 5.57. The summed E-state index contributed by atoms with van der Waals surface area (Å²) in [5, 5.41) is 2.62. The first kappa shape index (κ1) is 12.0. The molecular weight excluding hydrogens is 226 g/mol. The van der Waals surface area contributed by atoms with Crippen LogP contribution in [0.25, 0.3) is 0 Å². The van der Waals surface area contributed by atoms with Crippen LogP contribution in [-0.2, 0) is 4.79 Å². The Morgan fingerprint density at radius 1 is 1.41 bits per heavy atom. The predicted molar refractivity (Wildman–Crippen MR) is 59.3 cm³/mol. The molecule has 1 saturated carbocycles. The SMILES string of the molecule is NCCNC(=O)C1CC1c1c(F)cccc1F. The summed E-state index contributed by atoms with van der Waals surface area (Å²) in [6.45, 7) is 0.749. The lowest BCUT2D eigenvalue weighted by Crippen LogP contribution is -2.30. The van der Waals surface area contributed by atoms with Crippen LogP contribution in [0.15, 0.2) is 18.2 Å². The Bertz CT molecular complexity index is 416. The molecule has 1 fully saturated rings. The number of carbonyl (C=O) groups excluding carboxylic acids is 1. The zero-order valence-corrected chi connectivity index (χ0v) is 9.25. The largest absolute Gasteiger partial charge is 0.355 e. The van der Waals surface area contributed by atoms with Crippen LogP contribution >= 0.6 is 0 Å². The molecule has 0 aromatic heterocycles. The molecule has 1 aliphatic carbocycles. The summed E-state index contributed by atoms with van der Waals surface area (Å²) in [6.07, 6.45) is 0.494. The third kappa shape index (κ3) is 2.44.